The lowest BCUT2D eigenvalue weighted by molar-refractivity contribution is -0.0889. The minimum Gasteiger partial charge on any atom is -0.298 e. The molecule has 3 fully saturated rings. The quantitative estimate of drug-likeness (QED) is 0.743. The van der Waals surface area contributed by atoms with E-state index in [1.165, 1.54) is 58.2 Å². The number of nitrogens with zero attached hydrogens (tertiary/aromatic N) is 2. The van der Waals surface area contributed by atoms with E-state index in [1.54, 1.807) is 0 Å². The maximum atomic E-state index is 2.91. The van der Waals surface area contributed by atoms with Crippen LogP contribution >= 0.6 is 0 Å². The summed E-state index contributed by atoms with van der Waals surface area (Å²) in [4.78, 5) is 5.71. The zero-order valence-corrected chi connectivity index (χ0v) is 12.5. The predicted octanol–water partition coefficient (Wildman–Crippen LogP) is 3.12. The maximum Gasteiger partial charge on any atom is 0.0252 e. The number of piperidine rings is 1. The van der Waals surface area contributed by atoms with E-state index in [9.17, 15) is 0 Å². The molecule has 0 amide bonds. The normalized spacial score (nSPS) is 37.3. The second-order valence-electron chi connectivity index (χ2n) is 7.46. The molecule has 2 aliphatic heterocycles. The molecule has 2 heterocycles. The molecule has 0 radical (unpaired) electrons. The van der Waals surface area contributed by atoms with Gasteiger partial charge in [-0.2, -0.15) is 0 Å². The summed E-state index contributed by atoms with van der Waals surface area (Å²) < 4.78 is 0. The van der Waals surface area contributed by atoms with Crippen molar-refractivity contribution < 1.29 is 0 Å². The molecule has 0 aromatic rings. The van der Waals surface area contributed by atoms with E-state index in [0.29, 0.717) is 5.54 Å². The molecule has 1 saturated carbocycles. The van der Waals surface area contributed by atoms with Gasteiger partial charge in [0.2, 0.25) is 0 Å². The molecule has 2 saturated heterocycles. The fourth-order valence-corrected chi connectivity index (χ4v) is 4.38. The molecule has 3 rings (SSSR count). The van der Waals surface area contributed by atoms with Crippen molar-refractivity contribution in [2.75, 3.05) is 19.6 Å². The largest absolute Gasteiger partial charge is 0.298 e. The van der Waals surface area contributed by atoms with Crippen molar-refractivity contribution in [2.45, 2.75) is 76.9 Å². The topological polar surface area (TPSA) is 6.48 Å². The smallest absolute Gasteiger partial charge is 0.0252 e. The Morgan fingerprint density at radius 2 is 1.83 bits per heavy atom. The Bertz CT molecular complexity index is 295. The molecule has 0 aromatic heterocycles. The predicted molar refractivity (Wildman–Crippen MR) is 76.8 cm³/mol. The average Bonchev–Trinajstić information content (AvgIpc) is 2.34. The van der Waals surface area contributed by atoms with Gasteiger partial charge in [0.05, 0.1) is 0 Å². The first-order valence-electron chi connectivity index (χ1n) is 8.11. The first-order valence-corrected chi connectivity index (χ1v) is 8.11. The van der Waals surface area contributed by atoms with Crippen molar-refractivity contribution in [3.05, 3.63) is 0 Å². The Morgan fingerprint density at radius 1 is 1.06 bits per heavy atom. The van der Waals surface area contributed by atoms with E-state index in [2.05, 4.69) is 30.6 Å². The minimum absolute atomic E-state index is 0.540. The van der Waals surface area contributed by atoms with E-state index >= 15 is 0 Å². The Balaban J connectivity index is 1.77. The fourth-order valence-electron chi connectivity index (χ4n) is 4.38. The number of hydrogen-bond donors (Lipinski definition) is 0. The summed E-state index contributed by atoms with van der Waals surface area (Å²) in [6.45, 7) is 11.4. The van der Waals surface area contributed by atoms with Crippen LogP contribution in [0.15, 0.2) is 0 Å². The maximum absolute atomic E-state index is 2.91. The van der Waals surface area contributed by atoms with Gasteiger partial charge in [-0.1, -0.05) is 20.3 Å². The highest BCUT2D eigenvalue weighted by molar-refractivity contribution is 5.02. The van der Waals surface area contributed by atoms with Gasteiger partial charge in [-0.15, -0.1) is 0 Å². The zero-order chi connectivity index (χ0) is 12.8. The van der Waals surface area contributed by atoms with Crippen LogP contribution in [-0.4, -0.2) is 47.1 Å². The lowest BCUT2D eigenvalue weighted by Crippen LogP contribution is -2.68. The van der Waals surface area contributed by atoms with Crippen molar-refractivity contribution in [3.63, 3.8) is 0 Å². The Hall–Kier alpha value is -0.0800. The van der Waals surface area contributed by atoms with Crippen molar-refractivity contribution in [3.8, 4) is 0 Å². The number of hydrogen-bond acceptors (Lipinski definition) is 2. The van der Waals surface area contributed by atoms with Gasteiger partial charge in [-0.25, -0.2) is 0 Å². The van der Waals surface area contributed by atoms with Crippen molar-refractivity contribution in [2.24, 2.45) is 5.92 Å². The molecule has 0 bridgehead atoms. The number of piperazine rings is 1. The summed E-state index contributed by atoms with van der Waals surface area (Å²) >= 11 is 0. The van der Waals surface area contributed by atoms with Gasteiger partial charge in [-0.05, 0) is 51.5 Å². The van der Waals surface area contributed by atoms with E-state index in [0.717, 1.165) is 18.0 Å². The van der Waals surface area contributed by atoms with E-state index in [4.69, 9.17) is 0 Å². The monoisotopic (exact) mass is 250 g/mol. The molecular weight excluding hydrogens is 220 g/mol. The summed E-state index contributed by atoms with van der Waals surface area (Å²) in [5.41, 5.74) is 0.540. The van der Waals surface area contributed by atoms with Gasteiger partial charge in [0.1, 0.15) is 0 Å². The van der Waals surface area contributed by atoms with Gasteiger partial charge in [0, 0.05) is 30.7 Å². The molecular formula is C16H30N2. The van der Waals surface area contributed by atoms with Crippen LogP contribution in [0, 0.1) is 5.92 Å². The summed E-state index contributed by atoms with van der Waals surface area (Å²) in [6.07, 6.45) is 8.64. The Morgan fingerprint density at radius 3 is 2.44 bits per heavy atom. The van der Waals surface area contributed by atoms with Gasteiger partial charge >= 0.3 is 0 Å². The molecule has 2 unspecified atom stereocenters. The van der Waals surface area contributed by atoms with Crippen LogP contribution in [0.3, 0.4) is 0 Å². The second kappa shape index (κ2) is 4.79. The lowest BCUT2D eigenvalue weighted by atomic mass is 9.74. The lowest BCUT2D eigenvalue weighted by Gasteiger charge is -2.59. The first kappa shape index (κ1) is 12.9. The van der Waals surface area contributed by atoms with Gasteiger partial charge in [0.15, 0.2) is 0 Å². The molecule has 3 aliphatic rings. The fraction of sp³-hybridized carbons (Fsp3) is 1.00. The van der Waals surface area contributed by atoms with Crippen LogP contribution in [-0.2, 0) is 0 Å². The summed E-state index contributed by atoms with van der Waals surface area (Å²) in [6, 6.07) is 1.66. The third-order valence-corrected chi connectivity index (χ3v) is 5.87. The SMILES string of the molecule is CC(C)C1CN2CCCCC2CN1C1(C)CCC1. The van der Waals surface area contributed by atoms with Gasteiger partial charge in [0.25, 0.3) is 0 Å². The van der Waals surface area contributed by atoms with Crippen LogP contribution in [0.1, 0.15) is 59.3 Å². The van der Waals surface area contributed by atoms with E-state index in [-0.39, 0.29) is 0 Å². The number of rotatable bonds is 2. The molecule has 0 spiro atoms. The minimum atomic E-state index is 0.540. The van der Waals surface area contributed by atoms with Crippen LogP contribution < -0.4 is 0 Å². The van der Waals surface area contributed by atoms with Crippen LogP contribution in [0.5, 0.6) is 0 Å². The highest BCUT2D eigenvalue weighted by Gasteiger charge is 2.46. The van der Waals surface area contributed by atoms with Crippen LogP contribution in [0.2, 0.25) is 0 Å². The first-order chi connectivity index (χ1) is 8.60. The van der Waals surface area contributed by atoms with Crippen molar-refractivity contribution in [1.82, 2.24) is 9.80 Å². The number of fused-ring (bicyclic) bond motifs is 1. The molecule has 2 atom stereocenters. The highest BCUT2D eigenvalue weighted by atomic mass is 15.3. The molecule has 2 heteroatoms. The molecule has 1 aliphatic carbocycles. The third kappa shape index (κ3) is 2.12. The average molecular weight is 250 g/mol. The molecule has 0 N–H and O–H groups in total. The van der Waals surface area contributed by atoms with Crippen LogP contribution in [0.25, 0.3) is 0 Å². The van der Waals surface area contributed by atoms with Gasteiger partial charge < -0.3 is 0 Å². The third-order valence-electron chi connectivity index (χ3n) is 5.87. The van der Waals surface area contributed by atoms with E-state index < -0.39 is 0 Å². The molecule has 18 heavy (non-hydrogen) atoms. The summed E-state index contributed by atoms with van der Waals surface area (Å²) in [7, 11) is 0. The zero-order valence-electron chi connectivity index (χ0n) is 12.5. The summed E-state index contributed by atoms with van der Waals surface area (Å²) in [5.74, 6) is 0.797. The molecule has 2 nitrogen and oxygen atoms in total. The Kier molecular flexibility index (Phi) is 3.44. The Labute approximate surface area is 113 Å². The van der Waals surface area contributed by atoms with Crippen molar-refractivity contribution >= 4 is 0 Å². The van der Waals surface area contributed by atoms with Crippen molar-refractivity contribution in [1.29, 1.82) is 0 Å². The highest BCUT2D eigenvalue weighted by Crippen LogP contribution is 2.42. The van der Waals surface area contributed by atoms with E-state index in [1.807, 2.05) is 0 Å². The molecule has 104 valence electrons. The van der Waals surface area contributed by atoms with Crippen LogP contribution in [0.4, 0.5) is 0 Å². The van der Waals surface area contributed by atoms with Gasteiger partial charge in [-0.3, -0.25) is 9.80 Å². The second-order valence-corrected chi connectivity index (χ2v) is 7.46. The molecule has 0 aromatic carbocycles. The summed E-state index contributed by atoms with van der Waals surface area (Å²) in [5, 5.41) is 0. The standard InChI is InChI=1S/C16H30N2/c1-13(2)15-12-17-10-5-4-7-14(17)11-18(15)16(3)8-6-9-16/h13-15H,4-12H2,1-3H3.